The smallest absolute Gasteiger partial charge is 0.243 e. The van der Waals surface area contributed by atoms with Crippen molar-refractivity contribution in [2.45, 2.75) is 57.8 Å². The van der Waals surface area contributed by atoms with Crippen LogP contribution in [0.1, 0.15) is 42.2 Å². The number of aryl methyl sites for hydroxylation is 1. The average Bonchev–Trinajstić information content (AvgIpc) is 3.39. The Morgan fingerprint density at radius 2 is 2.20 bits per heavy atom. The first-order chi connectivity index (χ1) is 14.6. The Kier molecular flexibility index (Phi) is 5.37. The fourth-order valence-electron chi connectivity index (χ4n) is 5.62. The SMILES string of the molecule is Cc1ccc(CN2C[C@@H]3C[C@H](C2)[C@H](C(=O)NCc2nccs2)N2C(=O)CCC[C@@H]32)o1. The first-order valence-corrected chi connectivity index (χ1v) is 11.7. The summed E-state index contributed by atoms with van der Waals surface area (Å²) in [5.41, 5.74) is 0. The second kappa shape index (κ2) is 8.15. The first-order valence-electron chi connectivity index (χ1n) is 10.8. The Labute approximate surface area is 180 Å². The van der Waals surface area contributed by atoms with Crippen LogP contribution in [0.3, 0.4) is 0 Å². The lowest BCUT2D eigenvalue weighted by Gasteiger charge is -2.55. The van der Waals surface area contributed by atoms with Crippen LogP contribution in [-0.4, -0.2) is 51.8 Å². The van der Waals surface area contributed by atoms with Crippen LogP contribution in [0.4, 0.5) is 0 Å². The molecule has 0 saturated carbocycles. The van der Waals surface area contributed by atoms with Crippen molar-refractivity contribution >= 4 is 23.2 Å². The van der Waals surface area contributed by atoms with Crippen LogP contribution in [-0.2, 0) is 22.7 Å². The summed E-state index contributed by atoms with van der Waals surface area (Å²) in [5.74, 6) is 2.57. The Balaban J connectivity index is 1.36. The minimum atomic E-state index is -0.389. The number of hydrogen-bond donors (Lipinski definition) is 1. The van der Waals surface area contributed by atoms with Gasteiger partial charge in [0.2, 0.25) is 11.8 Å². The van der Waals surface area contributed by atoms with Crippen molar-refractivity contribution in [2.75, 3.05) is 13.1 Å². The van der Waals surface area contributed by atoms with Gasteiger partial charge in [0.25, 0.3) is 0 Å². The van der Waals surface area contributed by atoms with Gasteiger partial charge in [-0.1, -0.05) is 0 Å². The molecule has 0 spiro atoms. The molecule has 3 aliphatic rings. The lowest BCUT2D eigenvalue weighted by Crippen LogP contribution is -2.68. The Morgan fingerprint density at radius 3 is 2.97 bits per heavy atom. The van der Waals surface area contributed by atoms with Crippen molar-refractivity contribution < 1.29 is 14.0 Å². The number of piperidine rings is 3. The summed E-state index contributed by atoms with van der Waals surface area (Å²) < 4.78 is 5.80. The number of aromatic nitrogens is 1. The first kappa shape index (κ1) is 19.8. The molecule has 0 unspecified atom stereocenters. The van der Waals surface area contributed by atoms with E-state index in [0.29, 0.717) is 18.9 Å². The Morgan fingerprint density at radius 1 is 1.33 bits per heavy atom. The number of thiazole rings is 1. The molecule has 2 bridgehead atoms. The number of rotatable bonds is 5. The maximum absolute atomic E-state index is 13.3. The van der Waals surface area contributed by atoms with Crippen molar-refractivity contribution in [1.29, 1.82) is 0 Å². The lowest BCUT2D eigenvalue weighted by atomic mass is 9.71. The van der Waals surface area contributed by atoms with E-state index in [-0.39, 0.29) is 29.8 Å². The summed E-state index contributed by atoms with van der Waals surface area (Å²) in [5, 5.41) is 5.85. The topological polar surface area (TPSA) is 78.7 Å². The zero-order valence-electron chi connectivity index (χ0n) is 17.3. The molecule has 0 aliphatic carbocycles. The van der Waals surface area contributed by atoms with Gasteiger partial charge < -0.3 is 14.6 Å². The molecule has 2 amide bonds. The summed E-state index contributed by atoms with van der Waals surface area (Å²) in [4.78, 5) is 34.8. The lowest BCUT2D eigenvalue weighted by molar-refractivity contribution is -0.160. The molecule has 1 N–H and O–H groups in total. The van der Waals surface area contributed by atoms with E-state index in [9.17, 15) is 9.59 Å². The predicted molar refractivity (Wildman–Crippen MR) is 113 cm³/mol. The van der Waals surface area contributed by atoms with Gasteiger partial charge >= 0.3 is 0 Å². The second-order valence-electron chi connectivity index (χ2n) is 8.81. The molecule has 8 heteroatoms. The van der Waals surface area contributed by atoms with Gasteiger partial charge in [0.1, 0.15) is 22.6 Å². The van der Waals surface area contributed by atoms with Crippen molar-refractivity contribution in [3.8, 4) is 0 Å². The molecule has 160 valence electrons. The third kappa shape index (κ3) is 3.78. The molecular weight excluding hydrogens is 400 g/mol. The van der Waals surface area contributed by atoms with Crippen molar-refractivity contribution in [2.24, 2.45) is 11.8 Å². The summed E-state index contributed by atoms with van der Waals surface area (Å²) in [6.45, 7) is 4.91. The van der Waals surface area contributed by atoms with E-state index in [0.717, 1.165) is 55.4 Å². The number of nitrogens with one attached hydrogen (secondary N) is 1. The average molecular weight is 429 g/mol. The molecule has 30 heavy (non-hydrogen) atoms. The van der Waals surface area contributed by atoms with Crippen LogP contribution in [0, 0.1) is 18.8 Å². The van der Waals surface area contributed by atoms with Gasteiger partial charge in [-0.05, 0) is 44.2 Å². The highest BCUT2D eigenvalue weighted by atomic mass is 32.1. The zero-order chi connectivity index (χ0) is 20.7. The summed E-state index contributed by atoms with van der Waals surface area (Å²) >= 11 is 1.53. The van der Waals surface area contributed by atoms with Crippen molar-refractivity contribution in [1.82, 2.24) is 20.1 Å². The van der Waals surface area contributed by atoms with Crippen LogP contribution in [0.25, 0.3) is 0 Å². The number of hydrogen-bond acceptors (Lipinski definition) is 6. The van der Waals surface area contributed by atoms with E-state index in [2.05, 4.69) is 15.2 Å². The van der Waals surface area contributed by atoms with Crippen LogP contribution in [0.15, 0.2) is 28.1 Å². The number of nitrogens with zero attached hydrogens (tertiary/aromatic N) is 3. The molecular formula is C22H28N4O3S. The highest BCUT2D eigenvalue weighted by molar-refractivity contribution is 7.09. The van der Waals surface area contributed by atoms with E-state index in [1.165, 1.54) is 11.3 Å². The largest absolute Gasteiger partial charge is 0.465 e. The molecule has 0 aromatic carbocycles. The van der Waals surface area contributed by atoms with Crippen LogP contribution in [0.5, 0.6) is 0 Å². The van der Waals surface area contributed by atoms with E-state index >= 15 is 0 Å². The molecule has 2 aromatic rings. The summed E-state index contributed by atoms with van der Waals surface area (Å²) in [6, 6.07) is 3.81. The number of furan rings is 1. The Bertz CT molecular complexity index is 911. The van der Waals surface area contributed by atoms with Gasteiger partial charge in [0, 0.05) is 43.0 Å². The monoisotopic (exact) mass is 428 g/mol. The van der Waals surface area contributed by atoms with Gasteiger partial charge in [-0.2, -0.15) is 0 Å². The van der Waals surface area contributed by atoms with Crippen molar-refractivity contribution in [3.63, 3.8) is 0 Å². The highest BCUT2D eigenvalue weighted by Crippen LogP contribution is 2.42. The van der Waals surface area contributed by atoms with Crippen molar-refractivity contribution in [3.05, 3.63) is 40.2 Å². The van der Waals surface area contributed by atoms with E-state index < -0.39 is 0 Å². The van der Waals surface area contributed by atoms with Crippen LogP contribution in [0.2, 0.25) is 0 Å². The molecule has 3 aliphatic heterocycles. The van der Waals surface area contributed by atoms with Gasteiger partial charge in [-0.25, -0.2) is 4.98 Å². The number of fused-ring (bicyclic) bond motifs is 4. The van der Waals surface area contributed by atoms with Crippen LogP contribution < -0.4 is 5.32 Å². The minimum absolute atomic E-state index is 0.0374. The maximum Gasteiger partial charge on any atom is 0.243 e. The van der Waals surface area contributed by atoms with E-state index in [1.54, 1.807) is 6.20 Å². The fourth-order valence-corrected chi connectivity index (χ4v) is 6.17. The molecule has 7 nitrogen and oxygen atoms in total. The third-order valence-corrected chi connectivity index (χ3v) is 7.54. The Hall–Kier alpha value is -2.19. The van der Waals surface area contributed by atoms with Gasteiger partial charge in [0.05, 0.1) is 13.1 Å². The maximum atomic E-state index is 13.3. The zero-order valence-corrected chi connectivity index (χ0v) is 18.1. The summed E-state index contributed by atoms with van der Waals surface area (Å²) in [6.07, 6.45) is 5.23. The second-order valence-corrected chi connectivity index (χ2v) is 9.79. The number of carbonyl (C=O) groups excluding carboxylic acids is 2. The summed E-state index contributed by atoms with van der Waals surface area (Å²) in [7, 11) is 0. The standard InChI is InChI=1S/C22H28N4O3S/c1-14-5-6-17(29-14)13-25-11-15-9-16(12-25)21(26-18(15)3-2-4-20(26)27)22(28)24-10-19-23-7-8-30-19/h5-8,15-16,18,21H,2-4,9-13H2,1H3,(H,24,28)/t15-,16+,18-,21+/m0/s1. The molecule has 5 heterocycles. The fraction of sp³-hybridized carbons (Fsp3) is 0.591. The molecule has 3 fully saturated rings. The molecule has 0 radical (unpaired) electrons. The van der Waals surface area contributed by atoms with E-state index in [4.69, 9.17) is 4.42 Å². The van der Waals surface area contributed by atoms with E-state index in [1.807, 2.05) is 29.3 Å². The predicted octanol–water partition coefficient (Wildman–Crippen LogP) is 2.56. The van der Waals surface area contributed by atoms with Gasteiger partial charge in [-0.3, -0.25) is 14.5 Å². The number of carbonyl (C=O) groups is 2. The normalized spacial score (nSPS) is 29.0. The van der Waals surface area contributed by atoms with Gasteiger partial charge in [-0.15, -0.1) is 11.3 Å². The minimum Gasteiger partial charge on any atom is -0.465 e. The third-order valence-electron chi connectivity index (χ3n) is 6.76. The van der Waals surface area contributed by atoms with Crippen LogP contribution >= 0.6 is 11.3 Å². The number of amides is 2. The number of likely N-dealkylation sites (tertiary alicyclic amines) is 1. The highest BCUT2D eigenvalue weighted by Gasteiger charge is 2.51. The molecule has 2 aromatic heterocycles. The molecule has 5 rings (SSSR count). The molecule has 3 saturated heterocycles. The quantitative estimate of drug-likeness (QED) is 0.792. The molecule has 4 atom stereocenters. The van der Waals surface area contributed by atoms with Gasteiger partial charge in [0.15, 0.2) is 0 Å².